The standard InChI is InChI=1S/C15H10ClNO3S/c16-13-9-7-21-6-8(9)11(14(18)12(13)15(19)20)10-4-2-1-3-5-17-10/h1-7,11,17H,(H,19,20). The number of carbonyl (C=O) groups excluding carboxylic acids is 1. The number of aliphatic carboxylic acids is 1. The first kappa shape index (κ1) is 13.9. The van der Waals surface area contributed by atoms with Gasteiger partial charge in [-0.1, -0.05) is 23.8 Å². The quantitative estimate of drug-likeness (QED) is 0.822. The van der Waals surface area contributed by atoms with Gasteiger partial charge in [0.05, 0.1) is 11.0 Å². The molecule has 0 saturated heterocycles. The molecule has 0 radical (unpaired) electrons. The summed E-state index contributed by atoms with van der Waals surface area (Å²) in [4.78, 5) is 24.0. The van der Waals surface area contributed by atoms with Gasteiger partial charge in [0.1, 0.15) is 5.57 Å². The van der Waals surface area contributed by atoms with Crippen LogP contribution in [0.15, 0.2) is 52.5 Å². The van der Waals surface area contributed by atoms with Gasteiger partial charge in [0, 0.05) is 17.5 Å². The van der Waals surface area contributed by atoms with Crippen molar-refractivity contribution in [2.24, 2.45) is 0 Å². The summed E-state index contributed by atoms with van der Waals surface area (Å²) in [6.45, 7) is 0. The Bertz CT molecular complexity index is 755. The zero-order valence-electron chi connectivity index (χ0n) is 10.7. The fourth-order valence-electron chi connectivity index (χ4n) is 2.40. The lowest BCUT2D eigenvalue weighted by Crippen LogP contribution is -2.29. The van der Waals surface area contributed by atoms with Crippen molar-refractivity contribution < 1.29 is 14.7 Å². The molecule has 4 nitrogen and oxygen atoms in total. The first-order valence-corrected chi connectivity index (χ1v) is 7.47. The Morgan fingerprint density at radius 2 is 2.10 bits per heavy atom. The molecule has 6 heteroatoms. The molecule has 0 saturated carbocycles. The van der Waals surface area contributed by atoms with Crippen molar-refractivity contribution in [3.63, 3.8) is 0 Å². The number of carboxylic acid groups (broad SMARTS) is 1. The summed E-state index contributed by atoms with van der Waals surface area (Å²) in [5.74, 6) is -2.47. The SMILES string of the molecule is O=C(O)C1=C(Cl)c2cscc2C(C2=CC=CC=CN2)C1=O. The highest BCUT2D eigenvalue weighted by Gasteiger charge is 2.39. The molecule has 2 N–H and O–H groups in total. The van der Waals surface area contributed by atoms with Gasteiger partial charge in [-0.25, -0.2) is 4.79 Å². The zero-order valence-corrected chi connectivity index (χ0v) is 12.2. The second-order valence-electron chi connectivity index (χ2n) is 4.54. The van der Waals surface area contributed by atoms with Gasteiger partial charge in [0.25, 0.3) is 0 Å². The minimum Gasteiger partial charge on any atom is -0.478 e. The van der Waals surface area contributed by atoms with Crippen molar-refractivity contribution in [2.45, 2.75) is 5.92 Å². The maximum absolute atomic E-state index is 12.6. The van der Waals surface area contributed by atoms with Gasteiger partial charge in [0.2, 0.25) is 0 Å². The van der Waals surface area contributed by atoms with Crippen LogP contribution in [0.2, 0.25) is 0 Å². The average Bonchev–Trinajstić information content (AvgIpc) is 2.75. The van der Waals surface area contributed by atoms with E-state index in [9.17, 15) is 14.7 Å². The Hall–Kier alpha value is -2.11. The number of ketones is 1. The molecule has 1 unspecified atom stereocenters. The maximum atomic E-state index is 12.6. The predicted molar refractivity (Wildman–Crippen MR) is 82.0 cm³/mol. The normalized spacial score (nSPS) is 20.7. The van der Waals surface area contributed by atoms with E-state index >= 15 is 0 Å². The van der Waals surface area contributed by atoms with E-state index in [-0.39, 0.29) is 10.6 Å². The summed E-state index contributed by atoms with van der Waals surface area (Å²) >= 11 is 7.49. The molecule has 1 aromatic rings. The predicted octanol–water partition coefficient (Wildman–Crippen LogP) is 3.01. The lowest BCUT2D eigenvalue weighted by atomic mass is 9.81. The van der Waals surface area contributed by atoms with E-state index < -0.39 is 17.7 Å². The largest absolute Gasteiger partial charge is 0.478 e. The Kier molecular flexibility index (Phi) is 3.53. The van der Waals surface area contributed by atoms with Crippen molar-refractivity contribution in [3.05, 3.63) is 63.7 Å². The van der Waals surface area contributed by atoms with E-state index in [1.54, 1.807) is 29.8 Å². The number of rotatable bonds is 2. The molecule has 1 aliphatic heterocycles. The molecule has 3 rings (SSSR count). The van der Waals surface area contributed by atoms with Gasteiger partial charge in [-0.05, 0) is 28.5 Å². The van der Waals surface area contributed by atoms with Crippen molar-refractivity contribution in [1.82, 2.24) is 5.32 Å². The van der Waals surface area contributed by atoms with Crippen molar-refractivity contribution >= 4 is 39.7 Å². The van der Waals surface area contributed by atoms with Crippen LogP contribution in [-0.2, 0) is 9.59 Å². The number of thiophene rings is 1. The minimum atomic E-state index is -1.30. The third kappa shape index (κ3) is 2.24. The van der Waals surface area contributed by atoms with Crippen molar-refractivity contribution in [2.75, 3.05) is 0 Å². The molecule has 21 heavy (non-hydrogen) atoms. The van der Waals surface area contributed by atoms with Crippen LogP contribution in [0.1, 0.15) is 17.0 Å². The molecule has 0 spiro atoms. The summed E-state index contributed by atoms with van der Waals surface area (Å²) < 4.78 is 0. The molecule has 2 aliphatic rings. The van der Waals surface area contributed by atoms with E-state index in [0.29, 0.717) is 11.3 Å². The fourth-order valence-corrected chi connectivity index (χ4v) is 3.67. The number of carbonyl (C=O) groups is 2. The fraction of sp³-hybridized carbons (Fsp3) is 0.0667. The number of allylic oxidation sites excluding steroid dienone is 5. The lowest BCUT2D eigenvalue weighted by Gasteiger charge is -2.24. The van der Waals surface area contributed by atoms with Gasteiger partial charge in [-0.2, -0.15) is 11.3 Å². The van der Waals surface area contributed by atoms with Crippen molar-refractivity contribution in [1.29, 1.82) is 0 Å². The highest BCUT2D eigenvalue weighted by Crippen LogP contribution is 2.43. The van der Waals surface area contributed by atoms with Crippen LogP contribution in [0, 0.1) is 0 Å². The lowest BCUT2D eigenvalue weighted by molar-refractivity contribution is -0.134. The highest BCUT2D eigenvalue weighted by molar-refractivity contribution is 7.08. The number of nitrogens with one attached hydrogen (secondary N) is 1. The number of hydrogen-bond donors (Lipinski definition) is 2. The number of carboxylic acids is 1. The molecular formula is C15H10ClNO3S. The number of fused-ring (bicyclic) bond motifs is 1. The maximum Gasteiger partial charge on any atom is 0.340 e. The van der Waals surface area contributed by atoms with Gasteiger partial charge in [0.15, 0.2) is 5.78 Å². The molecule has 0 aromatic carbocycles. The summed E-state index contributed by atoms with van der Waals surface area (Å²) in [6, 6.07) is 0. The van der Waals surface area contributed by atoms with Crippen LogP contribution in [0.3, 0.4) is 0 Å². The molecule has 1 atom stereocenters. The van der Waals surface area contributed by atoms with E-state index in [4.69, 9.17) is 11.6 Å². The second kappa shape index (κ2) is 5.35. The smallest absolute Gasteiger partial charge is 0.340 e. The Morgan fingerprint density at radius 3 is 2.86 bits per heavy atom. The van der Waals surface area contributed by atoms with Crippen LogP contribution in [-0.4, -0.2) is 16.9 Å². The van der Waals surface area contributed by atoms with E-state index in [0.717, 1.165) is 5.56 Å². The van der Waals surface area contributed by atoms with Crippen LogP contribution >= 0.6 is 22.9 Å². The van der Waals surface area contributed by atoms with E-state index in [1.165, 1.54) is 11.3 Å². The van der Waals surface area contributed by atoms with Gasteiger partial charge in [-0.3, -0.25) is 4.79 Å². The van der Waals surface area contributed by atoms with Crippen LogP contribution in [0.25, 0.3) is 5.03 Å². The molecule has 2 heterocycles. The summed E-state index contributed by atoms with van der Waals surface area (Å²) in [5.41, 5.74) is 1.63. The third-order valence-electron chi connectivity index (χ3n) is 3.34. The number of hydrogen-bond acceptors (Lipinski definition) is 4. The monoisotopic (exact) mass is 319 g/mol. The average molecular weight is 320 g/mol. The van der Waals surface area contributed by atoms with Gasteiger partial charge < -0.3 is 10.4 Å². The zero-order chi connectivity index (χ0) is 15.0. The molecule has 1 aliphatic carbocycles. The van der Waals surface area contributed by atoms with Gasteiger partial charge >= 0.3 is 5.97 Å². The molecule has 106 valence electrons. The van der Waals surface area contributed by atoms with E-state index in [2.05, 4.69) is 5.32 Å². The Labute approximate surface area is 129 Å². The molecule has 0 fully saturated rings. The summed E-state index contributed by atoms with van der Waals surface area (Å²) in [5, 5.41) is 15.9. The first-order chi connectivity index (χ1) is 10.1. The summed E-state index contributed by atoms with van der Waals surface area (Å²) in [7, 11) is 0. The third-order valence-corrected chi connectivity index (χ3v) is 4.49. The number of halogens is 1. The second-order valence-corrected chi connectivity index (χ2v) is 5.66. The topological polar surface area (TPSA) is 66.4 Å². The highest BCUT2D eigenvalue weighted by atomic mass is 35.5. The molecular weight excluding hydrogens is 310 g/mol. The van der Waals surface area contributed by atoms with Crippen LogP contribution in [0.4, 0.5) is 0 Å². The van der Waals surface area contributed by atoms with E-state index in [1.807, 2.05) is 11.5 Å². The molecule has 0 amide bonds. The van der Waals surface area contributed by atoms with Gasteiger partial charge in [-0.15, -0.1) is 0 Å². The van der Waals surface area contributed by atoms with Crippen LogP contribution < -0.4 is 5.32 Å². The molecule has 0 bridgehead atoms. The Morgan fingerprint density at radius 1 is 1.29 bits per heavy atom. The first-order valence-electron chi connectivity index (χ1n) is 6.15. The summed E-state index contributed by atoms with van der Waals surface area (Å²) in [6.07, 6.45) is 8.89. The Balaban J connectivity index is 2.17. The minimum absolute atomic E-state index is 0.0142. The molecule has 1 aromatic heterocycles. The number of Topliss-reactive ketones (excluding diaryl/α,β-unsaturated/α-hetero) is 1. The van der Waals surface area contributed by atoms with Crippen LogP contribution in [0.5, 0.6) is 0 Å². The van der Waals surface area contributed by atoms with Crippen molar-refractivity contribution in [3.8, 4) is 0 Å².